The first-order valence-corrected chi connectivity index (χ1v) is 13.2. The van der Waals surface area contributed by atoms with Crippen LogP contribution in [0.3, 0.4) is 0 Å². The van der Waals surface area contributed by atoms with Gasteiger partial charge in [-0.1, -0.05) is 41.7 Å². The van der Waals surface area contributed by atoms with Crippen LogP contribution in [0.5, 0.6) is 0 Å². The number of nitrogens with one attached hydrogen (secondary N) is 1. The number of piperazine rings is 1. The summed E-state index contributed by atoms with van der Waals surface area (Å²) in [6.07, 6.45) is 1.37. The highest BCUT2D eigenvalue weighted by Gasteiger charge is 2.32. The second kappa shape index (κ2) is 10.0. The van der Waals surface area contributed by atoms with Crippen LogP contribution in [-0.4, -0.2) is 84.9 Å². The largest absolute Gasteiger partial charge is 0.377 e. The van der Waals surface area contributed by atoms with Crippen LogP contribution in [0.2, 0.25) is 0 Å². The summed E-state index contributed by atoms with van der Waals surface area (Å²) in [5.74, 6) is -1.13. The molecule has 1 saturated heterocycles. The van der Waals surface area contributed by atoms with Crippen LogP contribution in [0.15, 0.2) is 59.6 Å². The Balaban J connectivity index is 1.53. The quantitative estimate of drug-likeness (QED) is 0.249. The number of carbonyl (C=O) groups is 2. The number of carbonyl (C=O) groups excluding carboxylic acids is 2. The zero-order chi connectivity index (χ0) is 26.1. The second-order valence-corrected chi connectivity index (χ2v) is 11.5. The summed E-state index contributed by atoms with van der Waals surface area (Å²) >= 11 is 1.12. The first kappa shape index (κ1) is 25.9. The van der Waals surface area contributed by atoms with E-state index in [1.54, 1.807) is 54.0 Å². The molecule has 1 aliphatic heterocycles. The Kier molecular flexibility index (Phi) is 7.22. The third-order valence-electron chi connectivity index (χ3n) is 5.77. The van der Waals surface area contributed by atoms with Gasteiger partial charge in [-0.05, 0) is 23.8 Å². The van der Waals surface area contributed by atoms with Crippen LogP contribution in [0.25, 0.3) is 11.1 Å². The Morgan fingerprint density at radius 3 is 2.28 bits per heavy atom. The maximum absolute atomic E-state index is 13.6. The lowest BCUT2D eigenvalue weighted by molar-refractivity contribution is -1.00. The van der Waals surface area contributed by atoms with E-state index in [0.717, 1.165) is 11.3 Å². The highest BCUT2D eigenvalue weighted by Crippen LogP contribution is 2.31. The van der Waals surface area contributed by atoms with Gasteiger partial charge in [0.25, 0.3) is 5.91 Å². The van der Waals surface area contributed by atoms with Gasteiger partial charge >= 0.3 is 5.91 Å². The molecule has 190 valence electrons. The SMILES string of the molecule is C[N+](C)(O)C(=O)c1ccc(-c2ccccc2S(=O)(=O)N2CCN(c3ncc(C(=O)NO)s3)CC2)cc1. The molecule has 2 heterocycles. The number of aromatic nitrogens is 1. The van der Waals surface area contributed by atoms with E-state index in [0.29, 0.717) is 34.9 Å². The minimum absolute atomic E-state index is 0.159. The summed E-state index contributed by atoms with van der Waals surface area (Å²) in [4.78, 5) is 30.4. The molecule has 1 aromatic heterocycles. The van der Waals surface area contributed by atoms with E-state index < -0.39 is 26.5 Å². The number of hydrogen-bond donors (Lipinski definition) is 3. The van der Waals surface area contributed by atoms with Crippen LogP contribution in [0, 0.1) is 0 Å². The molecule has 1 aliphatic rings. The van der Waals surface area contributed by atoms with E-state index in [1.165, 1.54) is 24.6 Å². The van der Waals surface area contributed by atoms with E-state index >= 15 is 0 Å². The average molecular weight is 533 g/mol. The van der Waals surface area contributed by atoms with Gasteiger partial charge in [0.2, 0.25) is 10.0 Å². The Hall–Kier alpha value is -3.20. The van der Waals surface area contributed by atoms with Gasteiger partial charge in [-0.25, -0.2) is 28.9 Å². The fourth-order valence-electron chi connectivity index (χ4n) is 3.87. The molecule has 11 nitrogen and oxygen atoms in total. The molecule has 2 amide bonds. The number of sulfonamides is 1. The van der Waals surface area contributed by atoms with Gasteiger partial charge in [-0.3, -0.25) is 10.0 Å². The Morgan fingerprint density at radius 1 is 1.03 bits per heavy atom. The van der Waals surface area contributed by atoms with Crippen LogP contribution >= 0.6 is 11.3 Å². The first-order chi connectivity index (χ1) is 17.0. The van der Waals surface area contributed by atoms with Crippen molar-refractivity contribution in [2.75, 3.05) is 45.2 Å². The number of hydrogen-bond acceptors (Lipinski definition) is 9. The molecule has 36 heavy (non-hydrogen) atoms. The van der Waals surface area contributed by atoms with Gasteiger partial charge < -0.3 is 4.90 Å². The molecule has 4 rings (SSSR count). The Labute approximate surface area is 212 Å². The van der Waals surface area contributed by atoms with Crippen LogP contribution in [0.1, 0.15) is 20.0 Å². The highest BCUT2D eigenvalue weighted by molar-refractivity contribution is 7.89. The maximum Gasteiger partial charge on any atom is 0.377 e. The Morgan fingerprint density at radius 2 is 1.67 bits per heavy atom. The molecule has 0 bridgehead atoms. The number of anilines is 1. The molecular weight excluding hydrogens is 506 g/mol. The smallest absolute Gasteiger partial charge is 0.345 e. The molecule has 0 aliphatic carbocycles. The molecule has 3 aromatic rings. The van der Waals surface area contributed by atoms with Gasteiger partial charge in [-0.2, -0.15) is 4.31 Å². The van der Waals surface area contributed by atoms with E-state index in [2.05, 4.69) is 4.98 Å². The third kappa shape index (κ3) is 5.16. The van der Waals surface area contributed by atoms with Crippen molar-refractivity contribution in [2.24, 2.45) is 0 Å². The molecule has 0 spiro atoms. The molecular formula is C23H26N5O6S2+. The lowest BCUT2D eigenvalue weighted by atomic mass is 10.0. The van der Waals surface area contributed by atoms with Crippen molar-refractivity contribution in [3.63, 3.8) is 0 Å². The van der Waals surface area contributed by atoms with E-state index in [-0.39, 0.29) is 22.9 Å². The summed E-state index contributed by atoms with van der Waals surface area (Å²) in [5, 5.41) is 19.3. The number of hydroxylamine groups is 4. The van der Waals surface area contributed by atoms with Gasteiger partial charge in [0.1, 0.15) is 19.0 Å². The average Bonchev–Trinajstić information content (AvgIpc) is 3.38. The minimum Gasteiger partial charge on any atom is -0.345 e. The molecule has 0 saturated carbocycles. The van der Waals surface area contributed by atoms with Crippen LogP contribution in [0.4, 0.5) is 5.13 Å². The summed E-state index contributed by atoms with van der Waals surface area (Å²) < 4.78 is 27.8. The molecule has 1 fully saturated rings. The van der Waals surface area contributed by atoms with Crippen molar-refractivity contribution >= 4 is 38.3 Å². The van der Waals surface area contributed by atoms with E-state index in [9.17, 15) is 23.2 Å². The highest BCUT2D eigenvalue weighted by atomic mass is 32.2. The topological polar surface area (TPSA) is 140 Å². The summed E-state index contributed by atoms with van der Waals surface area (Å²) in [7, 11) is -1.11. The van der Waals surface area contributed by atoms with Gasteiger partial charge in [0, 0.05) is 31.7 Å². The zero-order valence-electron chi connectivity index (χ0n) is 19.7. The van der Waals surface area contributed by atoms with Crippen molar-refractivity contribution in [1.82, 2.24) is 14.8 Å². The number of thiazole rings is 1. The summed E-state index contributed by atoms with van der Waals surface area (Å²) in [5.41, 5.74) is 3.02. The predicted molar refractivity (Wildman–Crippen MR) is 132 cm³/mol. The van der Waals surface area contributed by atoms with Crippen LogP contribution < -0.4 is 10.4 Å². The normalized spacial score (nSPS) is 15.1. The zero-order valence-corrected chi connectivity index (χ0v) is 21.3. The minimum atomic E-state index is -3.83. The van der Waals surface area contributed by atoms with E-state index in [4.69, 9.17) is 5.21 Å². The summed E-state index contributed by atoms with van der Waals surface area (Å²) in [6, 6.07) is 13.2. The monoisotopic (exact) mass is 532 g/mol. The van der Waals surface area contributed by atoms with Crippen molar-refractivity contribution in [3.8, 4) is 11.1 Å². The van der Waals surface area contributed by atoms with Crippen molar-refractivity contribution in [3.05, 3.63) is 65.2 Å². The molecule has 0 atom stereocenters. The Bertz CT molecular complexity index is 1370. The molecule has 2 aromatic carbocycles. The fraction of sp³-hybridized carbons (Fsp3) is 0.261. The van der Waals surface area contributed by atoms with Crippen LogP contribution in [-0.2, 0) is 10.0 Å². The number of quaternary nitrogens is 1. The van der Waals surface area contributed by atoms with Crippen molar-refractivity contribution < 1.29 is 33.1 Å². The first-order valence-electron chi connectivity index (χ1n) is 11.0. The predicted octanol–water partition coefficient (Wildman–Crippen LogP) is 2.05. The van der Waals surface area contributed by atoms with E-state index in [1.807, 2.05) is 4.90 Å². The lowest BCUT2D eigenvalue weighted by Crippen LogP contribution is -2.48. The standard InChI is InChI=1S/C23H25N5O6S2/c1-28(2,32)22(30)17-9-7-16(8-10-17)18-5-3-4-6-20(18)36(33,34)27-13-11-26(12-14-27)23-24-15-19(35-23)21(29)25-31/h3-10,15,32H,11-14H2,1-2H3,(H-,25,29,31)/p+1. The number of benzene rings is 2. The number of nitrogens with zero attached hydrogens (tertiary/aromatic N) is 4. The molecule has 0 radical (unpaired) electrons. The van der Waals surface area contributed by atoms with Gasteiger partial charge in [0.05, 0.1) is 16.7 Å². The third-order valence-corrected chi connectivity index (χ3v) is 8.79. The summed E-state index contributed by atoms with van der Waals surface area (Å²) in [6.45, 7) is 1.24. The second-order valence-electron chi connectivity index (χ2n) is 8.61. The van der Waals surface area contributed by atoms with Gasteiger partial charge in [0.15, 0.2) is 5.13 Å². The number of amides is 2. The fourth-order valence-corrected chi connectivity index (χ4v) is 6.36. The van der Waals surface area contributed by atoms with Crippen molar-refractivity contribution in [2.45, 2.75) is 4.90 Å². The maximum atomic E-state index is 13.6. The van der Waals surface area contributed by atoms with Gasteiger partial charge in [-0.15, -0.1) is 4.65 Å². The molecule has 13 heteroatoms. The number of rotatable bonds is 6. The molecule has 3 N–H and O–H groups in total. The van der Waals surface area contributed by atoms with Crippen molar-refractivity contribution in [1.29, 1.82) is 0 Å². The lowest BCUT2D eigenvalue weighted by Gasteiger charge is -2.34. The molecule has 0 unspecified atom stereocenters.